The third kappa shape index (κ3) is 4.78. The van der Waals surface area contributed by atoms with Gasteiger partial charge < -0.3 is 24.4 Å². The van der Waals surface area contributed by atoms with Gasteiger partial charge in [0.05, 0.1) is 26.5 Å². The van der Waals surface area contributed by atoms with E-state index in [1.807, 2.05) is 13.0 Å². The molecule has 1 N–H and O–H groups in total. The van der Waals surface area contributed by atoms with Gasteiger partial charge in [-0.3, -0.25) is 0 Å². The topological polar surface area (TPSA) is 85.8 Å². The lowest BCUT2D eigenvalue weighted by molar-refractivity contribution is 0.102. The number of nitrogens with zero attached hydrogens (tertiary/aromatic N) is 3. The lowest BCUT2D eigenvalue weighted by atomic mass is 10.1. The van der Waals surface area contributed by atoms with Gasteiger partial charge in [-0.2, -0.15) is 5.10 Å². The Bertz CT molecular complexity index is 782. The number of ether oxygens (including phenoxy) is 3. The second kappa shape index (κ2) is 8.57. The van der Waals surface area contributed by atoms with Crippen LogP contribution in [0.5, 0.6) is 17.4 Å². The molecule has 1 unspecified atom stereocenters. The average Bonchev–Trinajstić information content (AvgIpc) is 2.70. The number of nitrogens with one attached hydrogen (secondary N) is 1. The number of benzene rings is 1. The molecule has 0 radical (unpaired) electrons. The summed E-state index contributed by atoms with van der Waals surface area (Å²) >= 11 is 0. The Hall–Kier alpha value is -3.03. The molecule has 2 amide bonds. The molecule has 8 heteroatoms. The van der Waals surface area contributed by atoms with E-state index in [-0.39, 0.29) is 12.1 Å². The minimum absolute atomic E-state index is 0.105. The second-order valence-corrected chi connectivity index (χ2v) is 6.34. The Morgan fingerprint density at radius 3 is 2.67 bits per heavy atom. The van der Waals surface area contributed by atoms with E-state index in [4.69, 9.17) is 14.2 Å². The van der Waals surface area contributed by atoms with Gasteiger partial charge in [-0.05, 0) is 38.0 Å². The van der Waals surface area contributed by atoms with Crippen LogP contribution in [-0.4, -0.2) is 54.5 Å². The average molecular weight is 372 g/mol. The molecule has 2 heterocycles. The van der Waals surface area contributed by atoms with Crippen LogP contribution in [0.1, 0.15) is 18.5 Å². The van der Waals surface area contributed by atoms with Crippen molar-refractivity contribution in [2.75, 3.05) is 32.6 Å². The molecule has 1 aliphatic rings. The van der Waals surface area contributed by atoms with E-state index in [0.717, 1.165) is 18.5 Å². The molecule has 1 aromatic heterocycles. The van der Waals surface area contributed by atoms with E-state index in [1.54, 1.807) is 43.4 Å². The summed E-state index contributed by atoms with van der Waals surface area (Å²) in [7, 11) is 3.13. The predicted octanol–water partition coefficient (Wildman–Crippen LogP) is 2.88. The molecule has 1 aliphatic heterocycles. The van der Waals surface area contributed by atoms with Crippen molar-refractivity contribution in [1.82, 2.24) is 15.1 Å². The van der Waals surface area contributed by atoms with Crippen LogP contribution in [0.2, 0.25) is 0 Å². The molecule has 0 spiro atoms. The number of carbonyl (C=O) groups excluding carboxylic acids is 1. The van der Waals surface area contributed by atoms with Crippen molar-refractivity contribution in [3.63, 3.8) is 0 Å². The number of carbonyl (C=O) groups is 1. The third-order valence-corrected chi connectivity index (χ3v) is 4.36. The van der Waals surface area contributed by atoms with Crippen molar-refractivity contribution in [3.8, 4) is 17.4 Å². The lowest BCUT2D eigenvalue weighted by Gasteiger charge is -2.32. The van der Waals surface area contributed by atoms with E-state index in [2.05, 4.69) is 15.5 Å². The van der Waals surface area contributed by atoms with Crippen molar-refractivity contribution in [2.24, 2.45) is 0 Å². The molecule has 0 bridgehead atoms. The summed E-state index contributed by atoms with van der Waals surface area (Å²) < 4.78 is 16.4. The zero-order chi connectivity index (χ0) is 19.2. The zero-order valence-corrected chi connectivity index (χ0v) is 15.8. The molecule has 0 saturated carbocycles. The van der Waals surface area contributed by atoms with Gasteiger partial charge >= 0.3 is 6.03 Å². The van der Waals surface area contributed by atoms with E-state index >= 15 is 0 Å². The number of aromatic nitrogens is 2. The summed E-state index contributed by atoms with van der Waals surface area (Å²) in [5, 5.41) is 10.9. The number of methoxy groups -OCH3 is 2. The number of piperidine rings is 1. The van der Waals surface area contributed by atoms with Gasteiger partial charge in [-0.15, -0.1) is 5.10 Å². The summed E-state index contributed by atoms with van der Waals surface area (Å²) in [6.45, 7) is 3.05. The van der Waals surface area contributed by atoms with Crippen LogP contribution in [0.25, 0.3) is 0 Å². The van der Waals surface area contributed by atoms with E-state index < -0.39 is 0 Å². The monoisotopic (exact) mass is 372 g/mol. The van der Waals surface area contributed by atoms with Crippen LogP contribution < -0.4 is 19.5 Å². The van der Waals surface area contributed by atoms with Crippen molar-refractivity contribution in [3.05, 3.63) is 36.0 Å². The van der Waals surface area contributed by atoms with Crippen LogP contribution >= 0.6 is 0 Å². The Kier molecular flexibility index (Phi) is 5.95. The summed E-state index contributed by atoms with van der Waals surface area (Å²) in [5.74, 6) is 1.65. The smallest absolute Gasteiger partial charge is 0.321 e. The Morgan fingerprint density at radius 2 is 1.96 bits per heavy atom. The van der Waals surface area contributed by atoms with Crippen molar-refractivity contribution in [2.45, 2.75) is 25.9 Å². The Balaban J connectivity index is 1.60. The molecular weight excluding hydrogens is 348 g/mol. The first kappa shape index (κ1) is 18.8. The number of hydrogen-bond donors (Lipinski definition) is 1. The molecule has 2 aromatic rings. The Morgan fingerprint density at radius 1 is 1.15 bits per heavy atom. The first-order valence-electron chi connectivity index (χ1n) is 8.84. The van der Waals surface area contributed by atoms with Crippen molar-refractivity contribution in [1.29, 1.82) is 0 Å². The quantitative estimate of drug-likeness (QED) is 0.869. The molecule has 8 nitrogen and oxygen atoms in total. The largest absolute Gasteiger partial charge is 0.493 e. The SMILES string of the molecule is COc1ccc(NC(=O)N2CCCC(Oc3ccc(C)nn3)C2)cc1OC. The van der Waals surface area contributed by atoms with Crippen LogP contribution in [-0.2, 0) is 0 Å². The normalized spacial score (nSPS) is 16.6. The van der Waals surface area contributed by atoms with Crippen LogP contribution in [0, 0.1) is 6.92 Å². The molecular formula is C19H24N4O4. The maximum atomic E-state index is 12.6. The van der Waals surface area contributed by atoms with E-state index in [9.17, 15) is 4.79 Å². The van der Waals surface area contributed by atoms with Crippen molar-refractivity contribution >= 4 is 11.7 Å². The summed E-state index contributed by atoms with van der Waals surface area (Å²) in [6.07, 6.45) is 1.63. The maximum Gasteiger partial charge on any atom is 0.321 e. The molecule has 1 saturated heterocycles. The van der Waals surface area contributed by atoms with Gasteiger partial charge in [0, 0.05) is 24.4 Å². The highest BCUT2D eigenvalue weighted by molar-refractivity contribution is 5.89. The minimum atomic E-state index is -0.175. The first-order valence-corrected chi connectivity index (χ1v) is 8.84. The van der Waals surface area contributed by atoms with E-state index in [1.165, 1.54) is 0 Å². The number of anilines is 1. The summed E-state index contributed by atoms with van der Waals surface area (Å²) in [4.78, 5) is 14.4. The van der Waals surface area contributed by atoms with Gasteiger partial charge in [0.15, 0.2) is 11.5 Å². The van der Waals surface area contributed by atoms with Gasteiger partial charge in [0.25, 0.3) is 0 Å². The molecule has 1 aromatic carbocycles. The molecule has 1 fully saturated rings. The van der Waals surface area contributed by atoms with Gasteiger partial charge in [0.2, 0.25) is 5.88 Å². The fraction of sp³-hybridized carbons (Fsp3) is 0.421. The highest BCUT2D eigenvalue weighted by Gasteiger charge is 2.25. The predicted molar refractivity (Wildman–Crippen MR) is 101 cm³/mol. The number of aryl methyl sites for hydroxylation is 1. The summed E-state index contributed by atoms with van der Waals surface area (Å²) in [5.41, 5.74) is 1.48. The van der Waals surface area contributed by atoms with Gasteiger partial charge in [-0.1, -0.05) is 0 Å². The molecule has 27 heavy (non-hydrogen) atoms. The van der Waals surface area contributed by atoms with Gasteiger partial charge in [-0.25, -0.2) is 4.79 Å². The molecule has 144 valence electrons. The van der Waals surface area contributed by atoms with Crippen LogP contribution in [0.15, 0.2) is 30.3 Å². The highest BCUT2D eigenvalue weighted by atomic mass is 16.5. The second-order valence-electron chi connectivity index (χ2n) is 6.34. The van der Waals surface area contributed by atoms with Crippen molar-refractivity contribution < 1.29 is 19.0 Å². The summed E-state index contributed by atoms with van der Waals surface area (Å²) in [6, 6.07) is 8.74. The standard InChI is InChI=1S/C19H24N4O4/c1-13-6-9-18(22-21-13)27-15-5-4-10-23(12-15)19(24)20-14-7-8-16(25-2)17(11-14)26-3/h6-9,11,15H,4-5,10,12H2,1-3H3,(H,20,24). The highest BCUT2D eigenvalue weighted by Crippen LogP contribution is 2.30. The zero-order valence-electron chi connectivity index (χ0n) is 15.8. The number of likely N-dealkylation sites (tertiary alicyclic amines) is 1. The number of rotatable bonds is 5. The Labute approximate surface area is 158 Å². The molecule has 1 atom stereocenters. The molecule has 0 aliphatic carbocycles. The fourth-order valence-electron chi connectivity index (χ4n) is 2.96. The van der Waals surface area contributed by atoms with Gasteiger partial charge in [0.1, 0.15) is 6.10 Å². The lowest BCUT2D eigenvalue weighted by Crippen LogP contribution is -2.46. The van der Waals surface area contributed by atoms with Crippen LogP contribution in [0.4, 0.5) is 10.5 Å². The number of hydrogen-bond acceptors (Lipinski definition) is 6. The molecule has 3 rings (SSSR count). The van der Waals surface area contributed by atoms with E-state index in [0.29, 0.717) is 36.2 Å². The minimum Gasteiger partial charge on any atom is -0.493 e. The number of amides is 2. The van der Waals surface area contributed by atoms with Crippen LogP contribution in [0.3, 0.4) is 0 Å². The maximum absolute atomic E-state index is 12.6. The number of urea groups is 1. The third-order valence-electron chi connectivity index (χ3n) is 4.36. The fourth-order valence-corrected chi connectivity index (χ4v) is 2.96. The first-order chi connectivity index (χ1) is 13.1.